The van der Waals surface area contributed by atoms with Crippen LogP contribution in [0.1, 0.15) is 29.0 Å². The van der Waals surface area contributed by atoms with Gasteiger partial charge in [0.15, 0.2) is 11.5 Å². The van der Waals surface area contributed by atoms with Crippen molar-refractivity contribution >= 4 is 35.4 Å². The zero-order valence-electron chi connectivity index (χ0n) is 18.6. The van der Waals surface area contributed by atoms with E-state index in [1.807, 2.05) is 36.4 Å². The number of fused-ring (bicyclic) bond motifs is 2. The first-order valence-electron chi connectivity index (χ1n) is 10.9. The van der Waals surface area contributed by atoms with Crippen LogP contribution in [-0.4, -0.2) is 48.0 Å². The normalized spacial score (nSPS) is 16.8. The van der Waals surface area contributed by atoms with Crippen LogP contribution in [0.4, 0.5) is 0 Å². The Morgan fingerprint density at radius 1 is 1.21 bits per heavy atom. The van der Waals surface area contributed by atoms with Gasteiger partial charge in [0.2, 0.25) is 5.91 Å². The summed E-state index contributed by atoms with van der Waals surface area (Å²) in [5, 5.41) is 13.5. The van der Waals surface area contributed by atoms with Gasteiger partial charge < -0.3 is 24.9 Å². The number of hydrogen-bond donors (Lipinski definition) is 4. The van der Waals surface area contributed by atoms with E-state index in [1.165, 1.54) is 0 Å². The minimum absolute atomic E-state index is 0.0696. The Bertz CT molecular complexity index is 1170. The lowest BCUT2D eigenvalue weighted by Crippen LogP contribution is -2.46. The van der Waals surface area contributed by atoms with Crippen LogP contribution in [0, 0.1) is 5.92 Å². The Kier molecular flexibility index (Phi) is 6.83. The number of H-pyrrole nitrogens is 1. The van der Waals surface area contributed by atoms with Crippen molar-refractivity contribution in [1.82, 2.24) is 10.3 Å². The van der Waals surface area contributed by atoms with E-state index in [4.69, 9.17) is 9.47 Å². The Morgan fingerprint density at radius 2 is 1.94 bits per heavy atom. The van der Waals surface area contributed by atoms with E-state index in [0.29, 0.717) is 17.3 Å². The lowest BCUT2D eigenvalue weighted by Gasteiger charge is -2.25. The Morgan fingerprint density at radius 3 is 2.64 bits per heavy atom. The highest BCUT2D eigenvalue weighted by molar-refractivity contribution is 7.80. The van der Waals surface area contributed by atoms with Gasteiger partial charge in [-0.15, -0.1) is 0 Å². The molecule has 3 aromatic rings. The maximum absolute atomic E-state index is 13.3. The van der Waals surface area contributed by atoms with Gasteiger partial charge in [-0.1, -0.05) is 18.2 Å². The molecule has 0 spiro atoms. The first kappa shape index (κ1) is 23.0. The monoisotopic (exact) mass is 468 g/mol. The molecule has 2 unspecified atom stereocenters. The second-order valence-corrected chi connectivity index (χ2v) is 8.67. The quantitative estimate of drug-likeness (QED) is 0.360. The number of aromatic amines is 1. The van der Waals surface area contributed by atoms with Crippen LogP contribution in [0.3, 0.4) is 0 Å². The number of rotatable bonds is 9. The lowest BCUT2D eigenvalue weighted by atomic mass is 9.87. The number of methoxy groups -OCH3 is 2. The predicted molar refractivity (Wildman–Crippen MR) is 130 cm³/mol. The molecule has 3 atom stereocenters. The molecule has 0 aliphatic heterocycles. The average molecular weight is 469 g/mol. The molecule has 1 heterocycles. The molecule has 1 amide bonds. The van der Waals surface area contributed by atoms with Crippen LogP contribution in [0.15, 0.2) is 42.6 Å². The first-order chi connectivity index (χ1) is 16.0. The van der Waals surface area contributed by atoms with Gasteiger partial charge in [0.05, 0.1) is 20.1 Å². The van der Waals surface area contributed by atoms with E-state index < -0.39 is 17.9 Å². The second kappa shape index (κ2) is 9.79. The fourth-order valence-corrected chi connectivity index (χ4v) is 5.20. The van der Waals surface area contributed by atoms with E-state index in [9.17, 15) is 14.7 Å². The maximum Gasteiger partial charge on any atom is 0.326 e. The minimum Gasteiger partial charge on any atom is -0.493 e. The summed E-state index contributed by atoms with van der Waals surface area (Å²) in [7, 11) is 3.18. The molecule has 0 radical (unpaired) electrons. The smallest absolute Gasteiger partial charge is 0.326 e. The highest BCUT2D eigenvalue weighted by Crippen LogP contribution is 2.44. The SMILES string of the molecule is COc1cc2c(cc1OC)C(C(CS)C(=O)N[C@@H](Cc1c[nH]c3ccccc13)C(=O)O)CC2. The Balaban J connectivity index is 1.54. The van der Waals surface area contributed by atoms with Gasteiger partial charge in [-0.2, -0.15) is 12.6 Å². The predicted octanol–water partition coefficient (Wildman–Crippen LogP) is 3.57. The molecule has 0 fully saturated rings. The molecular formula is C25H28N2O5S. The van der Waals surface area contributed by atoms with Crippen molar-refractivity contribution in [2.45, 2.75) is 31.2 Å². The van der Waals surface area contributed by atoms with Crippen molar-refractivity contribution in [2.75, 3.05) is 20.0 Å². The van der Waals surface area contributed by atoms with E-state index >= 15 is 0 Å². The summed E-state index contributed by atoms with van der Waals surface area (Å²) >= 11 is 4.45. The number of carboxylic acid groups (broad SMARTS) is 1. The topological polar surface area (TPSA) is 101 Å². The summed E-state index contributed by atoms with van der Waals surface area (Å²) in [6.07, 6.45) is 3.59. The summed E-state index contributed by atoms with van der Waals surface area (Å²) in [6.45, 7) is 0. The number of benzene rings is 2. The third-order valence-corrected chi connectivity index (χ3v) is 6.90. The molecule has 1 aliphatic carbocycles. The fourth-order valence-electron chi connectivity index (χ4n) is 4.78. The number of aromatic nitrogens is 1. The van der Waals surface area contributed by atoms with Gasteiger partial charge in [0, 0.05) is 29.3 Å². The number of para-hydroxylation sites is 1. The van der Waals surface area contributed by atoms with Crippen molar-refractivity contribution in [2.24, 2.45) is 5.92 Å². The van der Waals surface area contributed by atoms with Gasteiger partial charge >= 0.3 is 5.97 Å². The van der Waals surface area contributed by atoms with Crippen molar-refractivity contribution < 1.29 is 24.2 Å². The molecule has 2 aromatic carbocycles. The van der Waals surface area contributed by atoms with Gasteiger partial charge in [-0.3, -0.25) is 4.79 Å². The highest BCUT2D eigenvalue weighted by atomic mass is 32.1. The van der Waals surface area contributed by atoms with Crippen LogP contribution in [-0.2, 0) is 22.4 Å². The minimum atomic E-state index is -1.07. The number of hydrogen-bond acceptors (Lipinski definition) is 5. The molecule has 3 N–H and O–H groups in total. The molecule has 8 heteroatoms. The molecule has 0 bridgehead atoms. The van der Waals surface area contributed by atoms with Crippen molar-refractivity contribution in [3.63, 3.8) is 0 Å². The summed E-state index contributed by atoms with van der Waals surface area (Å²) in [5.74, 6) is -0.311. The highest BCUT2D eigenvalue weighted by Gasteiger charge is 2.36. The average Bonchev–Trinajstić information content (AvgIpc) is 3.42. The number of thiol groups is 1. The summed E-state index contributed by atoms with van der Waals surface area (Å²) < 4.78 is 10.9. The number of carboxylic acids is 1. The third-order valence-electron chi connectivity index (χ3n) is 6.50. The van der Waals surface area contributed by atoms with E-state index in [0.717, 1.165) is 40.4 Å². The molecular weight excluding hydrogens is 440 g/mol. The van der Waals surface area contributed by atoms with Crippen LogP contribution < -0.4 is 14.8 Å². The number of aryl methyl sites for hydroxylation is 1. The molecule has 1 aromatic heterocycles. The van der Waals surface area contributed by atoms with E-state index in [1.54, 1.807) is 20.4 Å². The number of amides is 1. The van der Waals surface area contributed by atoms with Gasteiger partial charge in [-0.25, -0.2) is 4.79 Å². The van der Waals surface area contributed by atoms with E-state index in [-0.39, 0.29) is 18.2 Å². The van der Waals surface area contributed by atoms with Crippen molar-refractivity contribution in [1.29, 1.82) is 0 Å². The molecule has 0 saturated heterocycles. The number of aliphatic carboxylic acids is 1. The Hall–Kier alpha value is -3.13. The van der Waals surface area contributed by atoms with Crippen LogP contribution in [0.5, 0.6) is 11.5 Å². The van der Waals surface area contributed by atoms with Crippen LogP contribution in [0.2, 0.25) is 0 Å². The molecule has 1 aliphatic rings. The largest absolute Gasteiger partial charge is 0.493 e. The van der Waals surface area contributed by atoms with Crippen LogP contribution >= 0.6 is 12.6 Å². The van der Waals surface area contributed by atoms with Crippen molar-refractivity contribution in [3.05, 3.63) is 59.3 Å². The summed E-state index contributed by atoms with van der Waals surface area (Å²) in [5.41, 5.74) is 3.93. The standard InChI is InChI=1S/C25H28N2O5S/c1-31-22-10-14-7-8-17(18(14)11-23(22)32-2)19(13-33)24(28)27-21(25(29)30)9-15-12-26-20-6-4-3-5-16(15)20/h3-6,10-12,17,19,21,26,33H,7-9,13H2,1-2H3,(H,27,28)(H,29,30)/t17?,19?,21-/m0/s1. The van der Waals surface area contributed by atoms with Crippen molar-refractivity contribution in [3.8, 4) is 11.5 Å². The fraction of sp³-hybridized carbons (Fsp3) is 0.360. The third kappa shape index (κ3) is 4.53. The number of carbonyl (C=O) groups is 2. The van der Waals surface area contributed by atoms with Crippen LogP contribution in [0.25, 0.3) is 10.9 Å². The molecule has 0 saturated carbocycles. The summed E-state index contributed by atoms with van der Waals surface area (Å²) in [4.78, 5) is 28.4. The van der Waals surface area contributed by atoms with Gasteiger partial charge in [0.1, 0.15) is 6.04 Å². The molecule has 4 rings (SSSR count). The Labute approximate surface area is 197 Å². The van der Waals surface area contributed by atoms with E-state index in [2.05, 4.69) is 22.9 Å². The maximum atomic E-state index is 13.3. The molecule has 33 heavy (non-hydrogen) atoms. The number of ether oxygens (including phenoxy) is 2. The lowest BCUT2D eigenvalue weighted by molar-refractivity contribution is -0.142. The molecule has 174 valence electrons. The number of carbonyl (C=O) groups excluding carboxylic acids is 1. The van der Waals surface area contributed by atoms with Gasteiger partial charge in [0.25, 0.3) is 0 Å². The first-order valence-corrected chi connectivity index (χ1v) is 11.5. The second-order valence-electron chi connectivity index (χ2n) is 8.30. The zero-order valence-corrected chi connectivity index (χ0v) is 19.5. The van der Waals surface area contributed by atoms with Gasteiger partial charge in [-0.05, 0) is 53.6 Å². The summed E-state index contributed by atoms with van der Waals surface area (Å²) in [6, 6.07) is 10.5. The molecule has 7 nitrogen and oxygen atoms in total. The number of nitrogens with one attached hydrogen (secondary N) is 2. The zero-order chi connectivity index (χ0) is 23.5.